The molecule has 2 rings (SSSR count). The van der Waals surface area contributed by atoms with Crippen molar-refractivity contribution < 1.29 is 4.52 Å². The summed E-state index contributed by atoms with van der Waals surface area (Å²) in [7, 11) is 0. The quantitative estimate of drug-likeness (QED) is 0.775. The van der Waals surface area contributed by atoms with E-state index in [0.29, 0.717) is 6.04 Å². The van der Waals surface area contributed by atoms with E-state index < -0.39 is 0 Å². The van der Waals surface area contributed by atoms with Crippen LogP contribution in [0.3, 0.4) is 0 Å². The van der Waals surface area contributed by atoms with Crippen LogP contribution in [0.1, 0.15) is 37.6 Å². The van der Waals surface area contributed by atoms with E-state index in [1.807, 2.05) is 6.07 Å². The summed E-state index contributed by atoms with van der Waals surface area (Å²) in [5, 5.41) is 7.22. The molecule has 0 saturated heterocycles. The molecule has 1 unspecified atom stereocenters. The second-order valence-electron chi connectivity index (χ2n) is 4.52. The molecule has 2 aromatic rings. The molecule has 1 atom stereocenters. The number of nitrogens with zero attached hydrogens (tertiary/aromatic N) is 1. The molecule has 1 aromatic carbocycles. The first-order valence-corrected chi connectivity index (χ1v) is 7.64. The summed E-state index contributed by atoms with van der Waals surface area (Å²) in [5.74, 6) is 1.73. The molecule has 0 saturated carbocycles. The van der Waals surface area contributed by atoms with E-state index in [1.165, 1.54) is 10.5 Å². The summed E-state index contributed by atoms with van der Waals surface area (Å²) in [6.07, 6.45) is 2.84. The average molecular weight is 276 g/mol. The number of hydrogen-bond acceptors (Lipinski definition) is 4. The Kier molecular flexibility index (Phi) is 5.48. The molecule has 4 heteroatoms. The van der Waals surface area contributed by atoms with Gasteiger partial charge in [0.25, 0.3) is 0 Å². The average Bonchev–Trinajstić information content (AvgIpc) is 2.96. The fraction of sp³-hybridized carbons (Fsp3) is 0.400. The Morgan fingerprint density at radius 2 is 2.26 bits per heavy atom. The molecular weight excluding hydrogens is 256 g/mol. The Bertz CT molecular complexity index is 485. The molecule has 3 nitrogen and oxygen atoms in total. The van der Waals surface area contributed by atoms with Gasteiger partial charge in [0.2, 0.25) is 0 Å². The molecule has 0 bridgehead atoms. The van der Waals surface area contributed by atoms with Gasteiger partial charge in [0.15, 0.2) is 0 Å². The zero-order valence-corrected chi connectivity index (χ0v) is 12.2. The van der Waals surface area contributed by atoms with E-state index in [4.69, 9.17) is 4.52 Å². The zero-order chi connectivity index (χ0) is 13.5. The minimum Gasteiger partial charge on any atom is -0.361 e. The second-order valence-corrected chi connectivity index (χ2v) is 5.56. The number of nitrogens with one attached hydrogen (secondary N) is 1. The number of benzene rings is 1. The zero-order valence-electron chi connectivity index (χ0n) is 11.4. The maximum absolute atomic E-state index is 5.10. The normalized spacial score (nSPS) is 12.5. The van der Waals surface area contributed by atoms with Crippen molar-refractivity contribution in [2.75, 3.05) is 6.54 Å². The van der Waals surface area contributed by atoms with Crippen molar-refractivity contribution >= 4 is 11.8 Å². The van der Waals surface area contributed by atoms with Gasteiger partial charge in [-0.1, -0.05) is 24.2 Å². The van der Waals surface area contributed by atoms with Crippen molar-refractivity contribution in [2.45, 2.75) is 37.0 Å². The van der Waals surface area contributed by atoms with Crippen molar-refractivity contribution in [3.8, 4) is 0 Å². The predicted octanol–water partition coefficient (Wildman–Crippen LogP) is 4.03. The molecule has 0 radical (unpaired) electrons. The highest BCUT2D eigenvalue weighted by Crippen LogP contribution is 2.25. The Hall–Kier alpha value is -1.26. The van der Waals surface area contributed by atoms with Gasteiger partial charge in [-0.2, -0.15) is 0 Å². The second kappa shape index (κ2) is 7.36. The van der Waals surface area contributed by atoms with Crippen LogP contribution in [-0.4, -0.2) is 11.7 Å². The van der Waals surface area contributed by atoms with Crippen molar-refractivity contribution in [3.63, 3.8) is 0 Å². The smallest absolute Gasteiger partial charge is 0.146 e. The van der Waals surface area contributed by atoms with Crippen LogP contribution in [0.4, 0.5) is 0 Å². The van der Waals surface area contributed by atoms with Crippen LogP contribution in [0.2, 0.25) is 0 Å². The lowest BCUT2D eigenvalue weighted by Gasteiger charge is -2.14. The maximum atomic E-state index is 5.10. The molecule has 1 N–H and O–H groups in total. The first kappa shape index (κ1) is 14.2. The summed E-state index contributed by atoms with van der Waals surface area (Å²) in [6, 6.07) is 11.0. The molecule has 0 aliphatic rings. The molecule has 1 heterocycles. The maximum Gasteiger partial charge on any atom is 0.146 e. The first-order chi connectivity index (χ1) is 9.29. The molecule has 0 amide bonds. The van der Waals surface area contributed by atoms with Crippen LogP contribution in [0.25, 0.3) is 0 Å². The van der Waals surface area contributed by atoms with Gasteiger partial charge in [-0.25, -0.2) is 0 Å². The lowest BCUT2D eigenvalue weighted by molar-refractivity contribution is 0.395. The van der Waals surface area contributed by atoms with E-state index >= 15 is 0 Å². The van der Waals surface area contributed by atoms with Gasteiger partial charge in [0.05, 0.1) is 11.9 Å². The van der Waals surface area contributed by atoms with Crippen LogP contribution >= 0.6 is 11.8 Å². The van der Waals surface area contributed by atoms with Crippen LogP contribution in [0, 0.1) is 0 Å². The molecule has 102 valence electrons. The number of hydrogen-bond donors (Lipinski definition) is 1. The van der Waals surface area contributed by atoms with Gasteiger partial charge in [0, 0.05) is 17.0 Å². The third-order valence-electron chi connectivity index (χ3n) is 2.93. The standard InChI is InChI=1S/C15H20N2OS/c1-3-8-16-12(2)13-5-4-6-15(10-13)19-11-14-7-9-17-18-14/h4-7,9-10,12,16H,3,8,11H2,1-2H3. The van der Waals surface area contributed by atoms with E-state index in [1.54, 1.807) is 18.0 Å². The van der Waals surface area contributed by atoms with Crippen LogP contribution < -0.4 is 5.32 Å². The minimum atomic E-state index is 0.394. The summed E-state index contributed by atoms with van der Waals surface area (Å²) < 4.78 is 5.10. The summed E-state index contributed by atoms with van der Waals surface area (Å²) in [5.41, 5.74) is 1.33. The molecule has 0 fully saturated rings. The minimum absolute atomic E-state index is 0.394. The molecular formula is C15H20N2OS. The highest BCUT2D eigenvalue weighted by molar-refractivity contribution is 7.98. The predicted molar refractivity (Wildman–Crippen MR) is 79.2 cm³/mol. The van der Waals surface area contributed by atoms with Gasteiger partial charge in [0.1, 0.15) is 5.76 Å². The number of rotatable bonds is 7. The topological polar surface area (TPSA) is 38.1 Å². The Labute approximate surface area is 118 Å². The lowest BCUT2D eigenvalue weighted by atomic mass is 10.1. The molecule has 19 heavy (non-hydrogen) atoms. The summed E-state index contributed by atoms with van der Waals surface area (Å²) >= 11 is 1.77. The van der Waals surface area contributed by atoms with E-state index in [9.17, 15) is 0 Å². The molecule has 1 aromatic heterocycles. The van der Waals surface area contributed by atoms with E-state index in [0.717, 1.165) is 24.5 Å². The third kappa shape index (κ3) is 4.40. The Balaban J connectivity index is 1.94. The van der Waals surface area contributed by atoms with Crippen molar-refractivity contribution in [1.82, 2.24) is 10.5 Å². The number of aromatic nitrogens is 1. The van der Waals surface area contributed by atoms with Crippen molar-refractivity contribution in [1.29, 1.82) is 0 Å². The van der Waals surface area contributed by atoms with Gasteiger partial charge < -0.3 is 9.84 Å². The summed E-state index contributed by atoms with van der Waals surface area (Å²) in [6.45, 7) is 5.44. The molecule has 0 spiro atoms. The van der Waals surface area contributed by atoms with Crippen LogP contribution in [0.5, 0.6) is 0 Å². The molecule has 0 aliphatic heterocycles. The van der Waals surface area contributed by atoms with Crippen LogP contribution in [-0.2, 0) is 5.75 Å². The highest BCUT2D eigenvalue weighted by Gasteiger charge is 2.06. The largest absolute Gasteiger partial charge is 0.361 e. The van der Waals surface area contributed by atoms with Gasteiger partial charge >= 0.3 is 0 Å². The summed E-state index contributed by atoms with van der Waals surface area (Å²) in [4.78, 5) is 1.26. The monoisotopic (exact) mass is 276 g/mol. The van der Waals surface area contributed by atoms with Gasteiger partial charge in [-0.3, -0.25) is 0 Å². The SMILES string of the molecule is CCCNC(C)c1cccc(SCc2ccno2)c1. The van der Waals surface area contributed by atoms with E-state index in [2.05, 4.69) is 48.6 Å². The van der Waals surface area contributed by atoms with Crippen molar-refractivity contribution in [2.24, 2.45) is 0 Å². The van der Waals surface area contributed by atoms with Crippen molar-refractivity contribution in [3.05, 3.63) is 47.9 Å². The fourth-order valence-electron chi connectivity index (χ4n) is 1.82. The number of thioether (sulfide) groups is 1. The Morgan fingerprint density at radius 1 is 1.37 bits per heavy atom. The molecule has 0 aliphatic carbocycles. The third-order valence-corrected chi connectivity index (χ3v) is 3.95. The highest BCUT2D eigenvalue weighted by atomic mass is 32.2. The van der Waals surface area contributed by atoms with E-state index in [-0.39, 0.29) is 0 Å². The van der Waals surface area contributed by atoms with Gasteiger partial charge in [-0.05, 0) is 37.6 Å². The Morgan fingerprint density at radius 3 is 3.00 bits per heavy atom. The fourth-order valence-corrected chi connectivity index (χ4v) is 2.68. The lowest BCUT2D eigenvalue weighted by Crippen LogP contribution is -2.19. The van der Waals surface area contributed by atoms with Crippen LogP contribution in [0.15, 0.2) is 45.9 Å². The van der Waals surface area contributed by atoms with Gasteiger partial charge in [-0.15, -0.1) is 11.8 Å². The first-order valence-electron chi connectivity index (χ1n) is 6.65.